The first-order valence-electron chi connectivity index (χ1n) is 4.72. The van der Waals surface area contributed by atoms with Crippen LogP contribution >= 0.6 is 11.6 Å². The standard InChI is InChI=1S/C11H10ClN3O/c1-8-2-3-9(6-10(8)12)14-11(16)15-5-4-13-7-15/h2-7H,1H3,(H,14,16). The number of imidazole rings is 1. The van der Waals surface area contributed by atoms with E-state index in [1.54, 1.807) is 24.5 Å². The lowest BCUT2D eigenvalue weighted by atomic mass is 10.2. The number of aromatic nitrogens is 2. The Bertz CT molecular complexity index is 508. The van der Waals surface area contributed by atoms with Crippen LogP contribution < -0.4 is 5.32 Å². The maximum Gasteiger partial charge on any atom is 0.331 e. The van der Waals surface area contributed by atoms with Crippen LogP contribution in [0.2, 0.25) is 5.02 Å². The molecule has 1 aromatic heterocycles. The largest absolute Gasteiger partial charge is 0.331 e. The molecule has 0 aliphatic carbocycles. The molecule has 16 heavy (non-hydrogen) atoms. The van der Waals surface area contributed by atoms with Crippen LogP contribution in [0.1, 0.15) is 5.56 Å². The number of carbonyl (C=O) groups is 1. The van der Waals surface area contributed by atoms with Crippen molar-refractivity contribution in [3.05, 3.63) is 47.5 Å². The first kappa shape index (κ1) is 10.7. The highest BCUT2D eigenvalue weighted by molar-refractivity contribution is 6.31. The molecule has 1 heterocycles. The van der Waals surface area contributed by atoms with Crippen molar-refractivity contribution < 1.29 is 4.79 Å². The Kier molecular flexibility index (Phi) is 2.92. The maximum absolute atomic E-state index is 11.6. The number of rotatable bonds is 1. The highest BCUT2D eigenvalue weighted by Gasteiger charge is 2.04. The van der Waals surface area contributed by atoms with E-state index in [1.807, 2.05) is 13.0 Å². The molecule has 2 aromatic rings. The van der Waals surface area contributed by atoms with Gasteiger partial charge in [0, 0.05) is 23.1 Å². The van der Waals surface area contributed by atoms with Gasteiger partial charge in [-0.3, -0.25) is 4.57 Å². The van der Waals surface area contributed by atoms with Gasteiger partial charge >= 0.3 is 6.03 Å². The monoisotopic (exact) mass is 235 g/mol. The summed E-state index contributed by atoms with van der Waals surface area (Å²) in [7, 11) is 0. The Hall–Kier alpha value is -1.81. The Labute approximate surface area is 97.9 Å². The summed E-state index contributed by atoms with van der Waals surface area (Å²) >= 11 is 5.95. The number of hydrogen-bond donors (Lipinski definition) is 1. The Morgan fingerprint density at radius 1 is 1.50 bits per heavy atom. The Balaban J connectivity index is 2.15. The third-order valence-corrected chi connectivity index (χ3v) is 2.57. The zero-order valence-corrected chi connectivity index (χ0v) is 9.40. The highest BCUT2D eigenvalue weighted by Crippen LogP contribution is 2.19. The van der Waals surface area contributed by atoms with Crippen molar-refractivity contribution >= 4 is 23.3 Å². The van der Waals surface area contributed by atoms with E-state index in [4.69, 9.17) is 11.6 Å². The number of hydrogen-bond acceptors (Lipinski definition) is 2. The Morgan fingerprint density at radius 2 is 2.31 bits per heavy atom. The van der Waals surface area contributed by atoms with E-state index in [0.717, 1.165) is 5.56 Å². The van der Waals surface area contributed by atoms with Crippen LogP contribution in [0.4, 0.5) is 10.5 Å². The van der Waals surface area contributed by atoms with E-state index in [9.17, 15) is 4.79 Å². The second-order valence-corrected chi connectivity index (χ2v) is 3.77. The quantitative estimate of drug-likeness (QED) is 0.826. The van der Waals surface area contributed by atoms with E-state index in [0.29, 0.717) is 10.7 Å². The molecule has 0 unspecified atom stereocenters. The SMILES string of the molecule is Cc1ccc(NC(=O)n2ccnc2)cc1Cl. The average molecular weight is 236 g/mol. The number of anilines is 1. The number of nitrogens with one attached hydrogen (secondary N) is 1. The van der Waals surface area contributed by atoms with Crippen molar-refractivity contribution in [3.8, 4) is 0 Å². The van der Waals surface area contributed by atoms with Gasteiger partial charge in [0.1, 0.15) is 6.33 Å². The van der Waals surface area contributed by atoms with Gasteiger partial charge in [0.05, 0.1) is 0 Å². The van der Waals surface area contributed by atoms with Crippen LogP contribution in [0.5, 0.6) is 0 Å². The molecule has 0 radical (unpaired) electrons. The van der Waals surface area contributed by atoms with E-state index in [-0.39, 0.29) is 6.03 Å². The minimum Gasteiger partial charge on any atom is -0.307 e. The number of benzene rings is 1. The molecule has 82 valence electrons. The summed E-state index contributed by atoms with van der Waals surface area (Å²) in [5.41, 5.74) is 1.64. The van der Waals surface area contributed by atoms with Crippen molar-refractivity contribution in [1.82, 2.24) is 9.55 Å². The zero-order chi connectivity index (χ0) is 11.5. The van der Waals surface area contributed by atoms with E-state index in [1.165, 1.54) is 10.9 Å². The second kappa shape index (κ2) is 4.37. The molecule has 2 rings (SSSR count). The first-order chi connectivity index (χ1) is 7.66. The van der Waals surface area contributed by atoms with Crippen molar-refractivity contribution in [2.45, 2.75) is 6.92 Å². The second-order valence-electron chi connectivity index (χ2n) is 3.36. The van der Waals surface area contributed by atoms with Gasteiger partial charge in [-0.1, -0.05) is 17.7 Å². The molecule has 0 fully saturated rings. The summed E-state index contributed by atoms with van der Waals surface area (Å²) in [6.45, 7) is 1.91. The fraction of sp³-hybridized carbons (Fsp3) is 0.0909. The van der Waals surface area contributed by atoms with E-state index < -0.39 is 0 Å². The number of aryl methyl sites for hydroxylation is 1. The fourth-order valence-electron chi connectivity index (χ4n) is 1.24. The van der Waals surface area contributed by atoms with Gasteiger partial charge in [-0.05, 0) is 24.6 Å². The van der Waals surface area contributed by atoms with E-state index in [2.05, 4.69) is 10.3 Å². The summed E-state index contributed by atoms with van der Waals surface area (Å²) < 4.78 is 1.35. The van der Waals surface area contributed by atoms with Gasteiger partial charge in [0.15, 0.2) is 0 Å². The third kappa shape index (κ3) is 2.23. The van der Waals surface area contributed by atoms with Gasteiger partial charge in [-0.15, -0.1) is 0 Å². The summed E-state index contributed by atoms with van der Waals surface area (Å²) in [4.78, 5) is 15.4. The molecule has 0 aliphatic rings. The van der Waals surface area contributed by atoms with Gasteiger partial charge in [0.2, 0.25) is 0 Å². The number of halogens is 1. The number of carbonyl (C=O) groups excluding carboxylic acids is 1. The fourth-order valence-corrected chi connectivity index (χ4v) is 1.42. The van der Waals surface area contributed by atoms with Gasteiger partial charge in [-0.25, -0.2) is 9.78 Å². The molecule has 1 N–H and O–H groups in total. The molecular weight excluding hydrogens is 226 g/mol. The maximum atomic E-state index is 11.6. The third-order valence-electron chi connectivity index (χ3n) is 2.16. The van der Waals surface area contributed by atoms with Crippen molar-refractivity contribution in [2.24, 2.45) is 0 Å². The van der Waals surface area contributed by atoms with Crippen LogP contribution in [0.3, 0.4) is 0 Å². The molecule has 0 aliphatic heterocycles. The first-order valence-corrected chi connectivity index (χ1v) is 5.10. The molecule has 1 amide bonds. The lowest BCUT2D eigenvalue weighted by molar-refractivity contribution is 0.253. The minimum absolute atomic E-state index is 0.266. The summed E-state index contributed by atoms with van der Waals surface area (Å²) in [5, 5.41) is 3.34. The van der Waals surface area contributed by atoms with Gasteiger partial charge in [-0.2, -0.15) is 0 Å². The Morgan fingerprint density at radius 3 is 2.94 bits per heavy atom. The van der Waals surface area contributed by atoms with Crippen molar-refractivity contribution in [2.75, 3.05) is 5.32 Å². The summed E-state index contributed by atoms with van der Waals surface area (Å²) in [5.74, 6) is 0. The van der Waals surface area contributed by atoms with E-state index >= 15 is 0 Å². The zero-order valence-electron chi connectivity index (χ0n) is 8.64. The minimum atomic E-state index is -0.266. The average Bonchev–Trinajstić information content (AvgIpc) is 2.77. The van der Waals surface area contributed by atoms with Crippen molar-refractivity contribution in [1.29, 1.82) is 0 Å². The molecule has 5 heteroatoms. The molecule has 1 aromatic carbocycles. The summed E-state index contributed by atoms with van der Waals surface area (Å²) in [6, 6.07) is 5.10. The van der Waals surface area contributed by atoms with Crippen LogP contribution in [0.15, 0.2) is 36.9 Å². The van der Waals surface area contributed by atoms with Gasteiger partial charge in [0.25, 0.3) is 0 Å². The molecule has 0 saturated carbocycles. The lowest BCUT2D eigenvalue weighted by Gasteiger charge is -2.06. The normalized spacial score (nSPS) is 10.1. The smallest absolute Gasteiger partial charge is 0.307 e. The molecular formula is C11H10ClN3O. The van der Waals surface area contributed by atoms with Crippen LogP contribution in [-0.4, -0.2) is 15.6 Å². The molecule has 0 saturated heterocycles. The predicted molar refractivity (Wildman–Crippen MR) is 62.8 cm³/mol. The molecule has 0 spiro atoms. The van der Waals surface area contributed by atoms with Gasteiger partial charge < -0.3 is 5.32 Å². The molecule has 4 nitrogen and oxygen atoms in total. The molecule has 0 bridgehead atoms. The predicted octanol–water partition coefficient (Wildman–Crippen LogP) is 2.93. The van der Waals surface area contributed by atoms with Crippen LogP contribution in [-0.2, 0) is 0 Å². The van der Waals surface area contributed by atoms with Crippen molar-refractivity contribution in [3.63, 3.8) is 0 Å². The topological polar surface area (TPSA) is 46.9 Å². The number of nitrogens with zero attached hydrogens (tertiary/aromatic N) is 2. The summed E-state index contributed by atoms with van der Waals surface area (Å²) in [6.07, 6.45) is 4.55. The lowest BCUT2D eigenvalue weighted by Crippen LogP contribution is -2.17. The number of amides is 1. The van der Waals surface area contributed by atoms with Crippen LogP contribution in [0, 0.1) is 6.92 Å². The van der Waals surface area contributed by atoms with Crippen LogP contribution in [0.25, 0.3) is 0 Å². The molecule has 0 atom stereocenters. The highest BCUT2D eigenvalue weighted by atomic mass is 35.5.